The molecule has 29 heavy (non-hydrogen) atoms. The van der Waals surface area contributed by atoms with Gasteiger partial charge in [0.25, 0.3) is 5.89 Å². The maximum atomic E-state index is 12.4. The Morgan fingerprint density at radius 3 is 2.59 bits per heavy atom. The molecule has 0 saturated heterocycles. The minimum absolute atomic E-state index is 0.0871. The van der Waals surface area contributed by atoms with E-state index in [4.69, 9.17) is 18.7 Å². The second-order valence-electron chi connectivity index (χ2n) is 6.85. The Kier molecular flexibility index (Phi) is 5.46. The highest BCUT2D eigenvalue weighted by Crippen LogP contribution is 2.31. The van der Waals surface area contributed by atoms with Gasteiger partial charge in [-0.1, -0.05) is 11.2 Å². The highest BCUT2D eigenvalue weighted by Gasteiger charge is 2.16. The zero-order valence-electron chi connectivity index (χ0n) is 16.4. The summed E-state index contributed by atoms with van der Waals surface area (Å²) in [5.74, 6) is 1.38. The standard InChI is InChI=1S/C22H22N2O5/c1-26-18-10-9-16(12-19(18)27-2)21-23-20(29-24-21)13-28-22(25)17-8-7-14-5-3-4-6-15(14)11-17/h7-12H,3-6,13H2,1-2H3. The average Bonchev–Trinajstić information content (AvgIpc) is 3.25. The van der Waals surface area contributed by atoms with Crippen LogP contribution in [0, 0.1) is 0 Å². The van der Waals surface area contributed by atoms with Crippen molar-refractivity contribution in [3.8, 4) is 22.9 Å². The number of benzene rings is 2. The number of carbonyl (C=O) groups excluding carboxylic acids is 1. The third-order valence-corrected chi connectivity index (χ3v) is 5.02. The summed E-state index contributed by atoms with van der Waals surface area (Å²) in [5, 5.41) is 3.95. The average molecular weight is 394 g/mol. The molecular weight excluding hydrogens is 372 g/mol. The third kappa shape index (κ3) is 4.08. The number of aromatic nitrogens is 2. The van der Waals surface area contributed by atoms with Gasteiger partial charge in [0.15, 0.2) is 18.1 Å². The molecule has 150 valence electrons. The van der Waals surface area contributed by atoms with E-state index < -0.39 is 5.97 Å². The highest BCUT2D eigenvalue weighted by molar-refractivity contribution is 5.89. The number of esters is 1. The van der Waals surface area contributed by atoms with Crippen molar-refractivity contribution in [2.75, 3.05) is 14.2 Å². The molecule has 1 aromatic heterocycles. The molecule has 0 spiro atoms. The fraction of sp³-hybridized carbons (Fsp3) is 0.318. The Hall–Kier alpha value is -3.35. The van der Waals surface area contributed by atoms with Crippen LogP contribution in [0.4, 0.5) is 0 Å². The van der Waals surface area contributed by atoms with E-state index in [9.17, 15) is 4.79 Å². The van der Waals surface area contributed by atoms with E-state index in [1.54, 1.807) is 32.4 Å². The van der Waals surface area contributed by atoms with Crippen molar-refractivity contribution in [3.63, 3.8) is 0 Å². The summed E-state index contributed by atoms with van der Waals surface area (Å²) < 4.78 is 21.1. The van der Waals surface area contributed by atoms with E-state index in [-0.39, 0.29) is 12.5 Å². The van der Waals surface area contributed by atoms with Crippen LogP contribution in [0.15, 0.2) is 40.9 Å². The van der Waals surface area contributed by atoms with Crippen LogP contribution in [0.25, 0.3) is 11.4 Å². The van der Waals surface area contributed by atoms with Gasteiger partial charge in [0.1, 0.15) is 0 Å². The largest absolute Gasteiger partial charge is 0.493 e. The molecule has 0 saturated carbocycles. The predicted octanol–water partition coefficient (Wildman–Crippen LogP) is 3.99. The first-order valence-electron chi connectivity index (χ1n) is 9.52. The highest BCUT2D eigenvalue weighted by atomic mass is 16.6. The van der Waals surface area contributed by atoms with Crippen molar-refractivity contribution in [1.29, 1.82) is 0 Å². The number of ether oxygens (including phenoxy) is 3. The van der Waals surface area contributed by atoms with Crippen LogP contribution in [-0.2, 0) is 24.2 Å². The zero-order chi connectivity index (χ0) is 20.2. The zero-order valence-corrected chi connectivity index (χ0v) is 16.4. The van der Waals surface area contributed by atoms with Crippen molar-refractivity contribution >= 4 is 5.97 Å². The van der Waals surface area contributed by atoms with Crippen LogP contribution in [-0.4, -0.2) is 30.3 Å². The quantitative estimate of drug-likeness (QED) is 0.585. The van der Waals surface area contributed by atoms with Gasteiger partial charge in [-0.2, -0.15) is 4.98 Å². The van der Waals surface area contributed by atoms with Crippen molar-refractivity contribution < 1.29 is 23.5 Å². The lowest BCUT2D eigenvalue weighted by atomic mass is 9.90. The number of aryl methyl sites for hydroxylation is 2. The van der Waals surface area contributed by atoms with E-state index in [0.717, 1.165) is 19.3 Å². The molecule has 0 amide bonds. The summed E-state index contributed by atoms with van der Waals surface area (Å²) >= 11 is 0. The van der Waals surface area contributed by atoms with Gasteiger partial charge < -0.3 is 18.7 Å². The van der Waals surface area contributed by atoms with Crippen LogP contribution < -0.4 is 9.47 Å². The molecule has 0 N–H and O–H groups in total. The van der Waals surface area contributed by atoms with E-state index in [2.05, 4.69) is 10.1 Å². The molecule has 2 aromatic carbocycles. The minimum atomic E-state index is -0.399. The molecule has 0 radical (unpaired) electrons. The van der Waals surface area contributed by atoms with E-state index in [0.29, 0.717) is 28.5 Å². The molecule has 4 rings (SSSR count). The van der Waals surface area contributed by atoms with Crippen molar-refractivity contribution in [3.05, 3.63) is 59.0 Å². The molecule has 0 unspecified atom stereocenters. The summed E-state index contributed by atoms with van der Waals surface area (Å²) in [6, 6.07) is 11.1. The monoisotopic (exact) mass is 394 g/mol. The summed E-state index contributed by atoms with van der Waals surface area (Å²) in [7, 11) is 3.13. The lowest BCUT2D eigenvalue weighted by Gasteiger charge is -2.16. The molecular formula is C22H22N2O5. The van der Waals surface area contributed by atoms with Crippen LogP contribution >= 0.6 is 0 Å². The fourth-order valence-corrected chi connectivity index (χ4v) is 3.48. The van der Waals surface area contributed by atoms with Crippen molar-refractivity contribution in [2.45, 2.75) is 32.3 Å². The Morgan fingerprint density at radius 1 is 1.00 bits per heavy atom. The van der Waals surface area contributed by atoms with Gasteiger partial charge >= 0.3 is 5.97 Å². The van der Waals surface area contributed by atoms with Crippen molar-refractivity contribution in [1.82, 2.24) is 10.1 Å². The molecule has 1 aliphatic carbocycles. The Bertz CT molecular complexity index is 1030. The molecule has 0 aliphatic heterocycles. The van der Waals surface area contributed by atoms with Crippen LogP contribution in [0.1, 0.15) is 40.2 Å². The molecule has 0 atom stereocenters. The number of carbonyl (C=O) groups is 1. The van der Waals surface area contributed by atoms with Gasteiger partial charge in [0.2, 0.25) is 5.82 Å². The summed E-state index contributed by atoms with van der Waals surface area (Å²) in [4.78, 5) is 16.7. The SMILES string of the molecule is COc1ccc(-c2noc(COC(=O)c3ccc4c(c3)CCCC4)n2)cc1OC. The van der Waals surface area contributed by atoms with E-state index in [1.807, 2.05) is 18.2 Å². The normalized spacial score (nSPS) is 12.9. The molecule has 7 heteroatoms. The van der Waals surface area contributed by atoms with Gasteiger partial charge in [0.05, 0.1) is 19.8 Å². The third-order valence-electron chi connectivity index (χ3n) is 5.02. The van der Waals surface area contributed by atoms with E-state index >= 15 is 0 Å². The Labute approximate surface area is 168 Å². The number of hydrogen-bond acceptors (Lipinski definition) is 7. The maximum Gasteiger partial charge on any atom is 0.338 e. The second-order valence-corrected chi connectivity index (χ2v) is 6.85. The second kappa shape index (κ2) is 8.34. The van der Waals surface area contributed by atoms with Crippen LogP contribution in [0.2, 0.25) is 0 Å². The predicted molar refractivity (Wildman–Crippen MR) is 105 cm³/mol. The lowest BCUT2D eigenvalue weighted by molar-refractivity contribution is 0.0429. The van der Waals surface area contributed by atoms with Gasteiger partial charge in [-0.15, -0.1) is 0 Å². The van der Waals surface area contributed by atoms with Gasteiger partial charge in [-0.05, 0) is 67.1 Å². The number of fused-ring (bicyclic) bond motifs is 1. The maximum absolute atomic E-state index is 12.4. The molecule has 1 aliphatic rings. The smallest absolute Gasteiger partial charge is 0.338 e. The molecule has 1 heterocycles. The Balaban J connectivity index is 1.42. The van der Waals surface area contributed by atoms with Gasteiger partial charge in [-0.25, -0.2) is 4.79 Å². The lowest BCUT2D eigenvalue weighted by Crippen LogP contribution is -2.09. The first-order chi connectivity index (χ1) is 14.2. The topological polar surface area (TPSA) is 83.7 Å². The van der Waals surface area contributed by atoms with Crippen LogP contribution in [0.3, 0.4) is 0 Å². The summed E-state index contributed by atoms with van der Waals surface area (Å²) in [5.41, 5.74) is 3.81. The van der Waals surface area contributed by atoms with E-state index in [1.165, 1.54) is 17.5 Å². The molecule has 3 aromatic rings. The first kappa shape index (κ1) is 19.0. The first-order valence-corrected chi connectivity index (χ1v) is 9.52. The van der Waals surface area contributed by atoms with Gasteiger partial charge in [-0.3, -0.25) is 0 Å². The number of rotatable bonds is 6. The molecule has 7 nitrogen and oxygen atoms in total. The number of hydrogen-bond donors (Lipinski definition) is 0. The van der Waals surface area contributed by atoms with Crippen LogP contribution in [0.5, 0.6) is 11.5 Å². The summed E-state index contributed by atoms with van der Waals surface area (Å²) in [6.07, 6.45) is 4.45. The molecule has 0 bridgehead atoms. The number of methoxy groups -OCH3 is 2. The molecule has 0 fully saturated rings. The van der Waals surface area contributed by atoms with Crippen molar-refractivity contribution in [2.24, 2.45) is 0 Å². The van der Waals surface area contributed by atoms with Gasteiger partial charge in [0, 0.05) is 5.56 Å². The minimum Gasteiger partial charge on any atom is -0.493 e. The number of nitrogens with zero attached hydrogens (tertiary/aromatic N) is 2. The Morgan fingerprint density at radius 2 is 1.79 bits per heavy atom. The summed E-state index contributed by atoms with van der Waals surface area (Å²) in [6.45, 7) is -0.0871. The fourth-order valence-electron chi connectivity index (χ4n) is 3.48.